The van der Waals surface area contributed by atoms with E-state index in [4.69, 9.17) is 9.47 Å². The van der Waals surface area contributed by atoms with Crippen LogP contribution in [0.15, 0.2) is 78.9 Å². The molecule has 1 fully saturated rings. The highest BCUT2D eigenvalue weighted by molar-refractivity contribution is 6.09. The summed E-state index contributed by atoms with van der Waals surface area (Å²) in [5, 5.41) is 2.87. The zero-order chi connectivity index (χ0) is 21.5. The predicted octanol–water partition coefficient (Wildman–Crippen LogP) is 3.99. The molecule has 3 aromatic carbocycles. The first kappa shape index (κ1) is 20.6. The SMILES string of the molecule is O=C(Nc1ccccc1C(=O)N1CCOCC1)c1ccc(OCc2ccccc2)cc1. The van der Waals surface area contributed by atoms with Crippen LogP contribution in [0.1, 0.15) is 26.3 Å². The molecular formula is C25H24N2O4. The Morgan fingerprint density at radius 1 is 0.871 bits per heavy atom. The van der Waals surface area contributed by atoms with E-state index in [1.54, 1.807) is 53.4 Å². The van der Waals surface area contributed by atoms with Gasteiger partial charge in [0, 0.05) is 18.7 Å². The number of carbonyl (C=O) groups excluding carboxylic acids is 2. The van der Waals surface area contributed by atoms with E-state index in [9.17, 15) is 9.59 Å². The number of hydrogen-bond acceptors (Lipinski definition) is 4. The standard InChI is InChI=1S/C25H24N2O4/c28-24(20-10-12-21(13-11-20)31-18-19-6-2-1-3-7-19)26-23-9-5-4-8-22(23)25(29)27-14-16-30-17-15-27/h1-13H,14-18H2,(H,26,28). The molecule has 1 saturated heterocycles. The van der Waals surface area contributed by atoms with E-state index >= 15 is 0 Å². The fourth-order valence-corrected chi connectivity index (χ4v) is 3.35. The summed E-state index contributed by atoms with van der Waals surface area (Å²) in [6.07, 6.45) is 0. The molecular weight excluding hydrogens is 392 g/mol. The van der Waals surface area contributed by atoms with Gasteiger partial charge in [-0.1, -0.05) is 42.5 Å². The Balaban J connectivity index is 1.41. The zero-order valence-electron chi connectivity index (χ0n) is 17.1. The maximum absolute atomic E-state index is 12.9. The largest absolute Gasteiger partial charge is 0.489 e. The molecule has 1 aliphatic rings. The molecule has 0 unspecified atom stereocenters. The third-order valence-corrected chi connectivity index (χ3v) is 5.07. The zero-order valence-corrected chi connectivity index (χ0v) is 17.1. The number of morpholine rings is 1. The van der Waals surface area contributed by atoms with E-state index in [1.165, 1.54) is 0 Å². The highest BCUT2D eigenvalue weighted by Gasteiger charge is 2.21. The van der Waals surface area contributed by atoms with Crippen molar-refractivity contribution in [2.45, 2.75) is 6.61 Å². The molecule has 0 radical (unpaired) electrons. The van der Waals surface area contributed by atoms with Crippen molar-refractivity contribution in [3.8, 4) is 5.75 Å². The van der Waals surface area contributed by atoms with Crippen LogP contribution in [-0.4, -0.2) is 43.0 Å². The minimum absolute atomic E-state index is 0.108. The van der Waals surface area contributed by atoms with Crippen molar-refractivity contribution in [2.75, 3.05) is 31.6 Å². The highest BCUT2D eigenvalue weighted by atomic mass is 16.5. The Kier molecular flexibility index (Phi) is 6.59. The third-order valence-electron chi connectivity index (χ3n) is 5.07. The van der Waals surface area contributed by atoms with Gasteiger partial charge in [-0.15, -0.1) is 0 Å². The van der Waals surface area contributed by atoms with Crippen LogP contribution in [0.3, 0.4) is 0 Å². The lowest BCUT2D eigenvalue weighted by Crippen LogP contribution is -2.41. The first-order valence-electron chi connectivity index (χ1n) is 10.2. The van der Waals surface area contributed by atoms with Gasteiger partial charge in [-0.05, 0) is 42.0 Å². The second-order valence-electron chi connectivity index (χ2n) is 7.20. The monoisotopic (exact) mass is 416 g/mol. The van der Waals surface area contributed by atoms with Crippen LogP contribution in [0.5, 0.6) is 5.75 Å². The smallest absolute Gasteiger partial charge is 0.256 e. The lowest BCUT2D eigenvalue weighted by molar-refractivity contribution is 0.0303. The molecule has 31 heavy (non-hydrogen) atoms. The molecule has 158 valence electrons. The molecule has 1 aliphatic heterocycles. The number of carbonyl (C=O) groups is 2. The molecule has 1 heterocycles. The van der Waals surface area contributed by atoms with Gasteiger partial charge in [0.1, 0.15) is 12.4 Å². The molecule has 1 N–H and O–H groups in total. The van der Waals surface area contributed by atoms with E-state index < -0.39 is 0 Å². The second kappa shape index (κ2) is 9.91. The molecule has 0 atom stereocenters. The molecule has 4 rings (SSSR count). The predicted molar refractivity (Wildman–Crippen MR) is 118 cm³/mol. The number of benzene rings is 3. The third kappa shape index (κ3) is 5.29. The number of anilines is 1. The van der Waals surface area contributed by atoms with Gasteiger partial charge in [-0.25, -0.2) is 0 Å². The maximum atomic E-state index is 12.9. The molecule has 6 nitrogen and oxygen atoms in total. The molecule has 3 aromatic rings. The van der Waals surface area contributed by atoms with Gasteiger partial charge in [-0.2, -0.15) is 0 Å². The van der Waals surface area contributed by atoms with Crippen molar-refractivity contribution in [3.63, 3.8) is 0 Å². The highest BCUT2D eigenvalue weighted by Crippen LogP contribution is 2.20. The summed E-state index contributed by atoms with van der Waals surface area (Å²) in [4.78, 5) is 27.4. The molecule has 6 heteroatoms. The first-order chi connectivity index (χ1) is 15.2. The Morgan fingerprint density at radius 2 is 1.55 bits per heavy atom. The van der Waals surface area contributed by atoms with Gasteiger partial charge in [0.15, 0.2) is 0 Å². The lowest BCUT2D eigenvalue weighted by atomic mass is 10.1. The minimum atomic E-state index is -0.281. The van der Waals surface area contributed by atoms with Crippen molar-refractivity contribution >= 4 is 17.5 Å². The summed E-state index contributed by atoms with van der Waals surface area (Å²) < 4.78 is 11.1. The van der Waals surface area contributed by atoms with Gasteiger partial charge in [-0.3, -0.25) is 9.59 Å². The van der Waals surface area contributed by atoms with Crippen LogP contribution < -0.4 is 10.1 Å². The lowest BCUT2D eigenvalue weighted by Gasteiger charge is -2.27. The average Bonchev–Trinajstić information content (AvgIpc) is 2.84. The summed E-state index contributed by atoms with van der Waals surface area (Å²) >= 11 is 0. The summed E-state index contributed by atoms with van der Waals surface area (Å²) in [5.74, 6) is 0.295. The van der Waals surface area contributed by atoms with E-state index in [0.29, 0.717) is 55.5 Å². The summed E-state index contributed by atoms with van der Waals surface area (Å²) in [7, 11) is 0. The fourth-order valence-electron chi connectivity index (χ4n) is 3.35. The number of hydrogen-bond donors (Lipinski definition) is 1. The molecule has 0 spiro atoms. The quantitative estimate of drug-likeness (QED) is 0.660. The van der Waals surface area contributed by atoms with Gasteiger partial charge in [0.05, 0.1) is 24.5 Å². The topological polar surface area (TPSA) is 67.9 Å². The number of para-hydroxylation sites is 1. The molecule has 2 amide bonds. The van der Waals surface area contributed by atoms with Crippen molar-refractivity contribution in [3.05, 3.63) is 95.6 Å². The Morgan fingerprint density at radius 3 is 2.29 bits per heavy atom. The van der Waals surface area contributed by atoms with Crippen LogP contribution in [-0.2, 0) is 11.3 Å². The summed E-state index contributed by atoms with van der Waals surface area (Å²) in [5.41, 5.74) is 2.53. The Hall–Kier alpha value is -3.64. The van der Waals surface area contributed by atoms with Gasteiger partial charge in [0.2, 0.25) is 0 Å². The van der Waals surface area contributed by atoms with E-state index in [-0.39, 0.29) is 11.8 Å². The average molecular weight is 416 g/mol. The number of nitrogens with one attached hydrogen (secondary N) is 1. The van der Waals surface area contributed by atoms with E-state index in [0.717, 1.165) is 5.56 Å². The van der Waals surface area contributed by atoms with Crippen LogP contribution >= 0.6 is 0 Å². The van der Waals surface area contributed by atoms with E-state index in [2.05, 4.69) is 5.32 Å². The number of amides is 2. The van der Waals surface area contributed by atoms with Crippen LogP contribution in [0.25, 0.3) is 0 Å². The first-order valence-corrected chi connectivity index (χ1v) is 10.2. The number of nitrogens with zero attached hydrogens (tertiary/aromatic N) is 1. The fraction of sp³-hybridized carbons (Fsp3) is 0.200. The van der Waals surface area contributed by atoms with Crippen molar-refractivity contribution < 1.29 is 19.1 Å². The van der Waals surface area contributed by atoms with Crippen molar-refractivity contribution in [2.24, 2.45) is 0 Å². The number of rotatable bonds is 6. The molecule has 0 bridgehead atoms. The van der Waals surface area contributed by atoms with Gasteiger partial charge >= 0.3 is 0 Å². The van der Waals surface area contributed by atoms with Gasteiger partial charge < -0.3 is 19.7 Å². The maximum Gasteiger partial charge on any atom is 0.256 e. The summed E-state index contributed by atoms with van der Waals surface area (Å²) in [6.45, 7) is 2.61. The minimum Gasteiger partial charge on any atom is -0.489 e. The van der Waals surface area contributed by atoms with E-state index in [1.807, 2.05) is 30.3 Å². The summed E-state index contributed by atoms with van der Waals surface area (Å²) in [6, 6.07) is 23.9. The van der Waals surface area contributed by atoms with Crippen molar-refractivity contribution in [1.82, 2.24) is 4.90 Å². The number of ether oxygens (including phenoxy) is 2. The Labute approximate surface area is 181 Å². The molecule has 0 aliphatic carbocycles. The second-order valence-corrected chi connectivity index (χ2v) is 7.20. The molecule has 0 saturated carbocycles. The van der Waals surface area contributed by atoms with Crippen LogP contribution in [0.2, 0.25) is 0 Å². The van der Waals surface area contributed by atoms with Crippen LogP contribution in [0.4, 0.5) is 5.69 Å². The Bertz CT molecular complexity index is 1030. The van der Waals surface area contributed by atoms with Crippen molar-refractivity contribution in [1.29, 1.82) is 0 Å². The normalized spacial score (nSPS) is 13.5. The van der Waals surface area contributed by atoms with Gasteiger partial charge in [0.25, 0.3) is 11.8 Å². The molecule has 0 aromatic heterocycles. The van der Waals surface area contributed by atoms with Crippen LogP contribution in [0, 0.1) is 0 Å².